The lowest BCUT2D eigenvalue weighted by Gasteiger charge is -2.26. The standard InChI is InChI=1S/C24H35NO2/c1-27-14-4-2-3-5-18-6-7-20-16-21(9-8-19(20)15-18)22-10-12-24(17-22)13-11-23(26)25-24/h8-9,16,18,22H,2-7,10-15,17H2,1H3,(H,25,26)/t18?,22-,24+/m1/s1. The Kier molecular flexibility index (Phi) is 5.87. The number of amides is 1. The molecular formula is C24H35NO2. The van der Waals surface area contributed by atoms with Crippen molar-refractivity contribution >= 4 is 5.91 Å². The zero-order chi connectivity index (χ0) is 18.7. The summed E-state index contributed by atoms with van der Waals surface area (Å²) in [5.41, 5.74) is 4.82. The number of carbonyl (C=O) groups is 1. The number of rotatable bonds is 7. The van der Waals surface area contributed by atoms with Gasteiger partial charge in [-0.3, -0.25) is 4.79 Å². The molecule has 1 aliphatic heterocycles. The molecule has 3 atom stereocenters. The second-order valence-corrected chi connectivity index (χ2v) is 9.25. The van der Waals surface area contributed by atoms with Crippen LogP contribution in [0.3, 0.4) is 0 Å². The Morgan fingerprint density at radius 2 is 2.04 bits per heavy atom. The molecule has 1 saturated carbocycles. The van der Waals surface area contributed by atoms with Crippen molar-refractivity contribution < 1.29 is 9.53 Å². The van der Waals surface area contributed by atoms with Crippen molar-refractivity contribution in [3.63, 3.8) is 0 Å². The molecule has 0 bridgehead atoms. The van der Waals surface area contributed by atoms with E-state index in [1.807, 2.05) is 0 Å². The van der Waals surface area contributed by atoms with Gasteiger partial charge in [0.2, 0.25) is 5.91 Å². The molecule has 4 rings (SSSR count). The molecule has 3 nitrogen and oxygen atoms in total. The van der Waals surface area contributed by atoms with Crippen molar-refractivity contribution in [2.24, 2.45) is 5.92 Å². The molecule has 148 valence electrons. The van der Waals surface area contributed by atoms with Crippen LogP contribution in [0.15, 0.2) is 18.2 Å². The lowest BCUT2D eigenvalue weighted by Crippen LogP contribution is -2.38. The second kappa shape index (κ2) is 8.34. The van der Waals surface area contributed by atoms with E-state index in [0.29, 0.717) is 5.92 Å². The largest absolute Gasteiger partial charge is 0.385 e. The van der Waals surface area contributed by atoms with Crippen molar-refractivity contribution in [3.8, 4) is 0 Å². The normalized spacial score (nSPS) is 29.9. The number of fused-ring (bicyclic) bond motifs is 1. The topological polar surface area (TPSA) is 38.3 Å². The van der Waals surface area contributed by atoms with Crippen molar-refractivity contribution in [2.45, 2.75) is 88.5 Å². The zero-order valence-electron chi connectivity index (χ0n) is 16.9. The van der Waals surface area contributed by atoms with E-state index in [2.05, 4.69) is 23.5 Å². The molecule has 1 aromatic rings. The van der Waals surface area contributed by atoms with E-state index >= 15 is 0 Å². The van der Waals surface area contributed by atoms with E-state index in [9.17, 15) is 4.79 Å². The van der Waals surface area contributed by atoms with Gasteiger partial charge in [0, 0.05) is 25.7 Å². The fraction of sp³-hybridized carbons (Fsp3) is 0.708. The van der Waals surface area contributed by atoms with Crippen LogP contribution in [-0.2, 0) is 22.4 Å². The Morgan fingerprint density at radius 1 is 1.11 bits per heavy atom. The number of aryl methyl sites for hydroxylation is 1. The SMILES string of the molecule is COCCCCCC1CCc2cc([C@@H]3CC[C@]4(CCC(=O)N4)C3)ccc2C1. The first-order valence-electron chi connectivity index (χ1n) is 11.1. The smallest absolute Gasteiger partial charge is 0.220 e. The van der Waals surface area contributed by atoms with Crippen LogP contribution in [-0.4, -0.2) is 25.2 Å². The number of methoxy groups -OCH3 is 1. The van der Waals surface area contributed by atoms with Crippen molar-refractivity contribution in [1.29, 1.82) is 0 Å². The van der Waals surface area contributed by atoms with Gasteiger partial charge in [-0.05, 0) is 79.9 Å². The number of ether oxygens (including phenoxy) is 1. The summed E-state index contributed by atoms with van der Waals surface area (Å²) in [5.74, 6) is 1.76. The van der Waals surface area contributed by atoms with Crippen LogP contribution in [0, 0.1) is 5.92 Å². The first-order chi connectivity index (χ1) is 13.2. The number of carbonyl (C=O) groups excluding carboxylic acids is 1. The summed E-state index contributed by atoms with van der Waals surface area (Å²) in [6.07, 6.45) is 14.4. The third kappa shape index (κ3) is 4.39. The van der Waals surface area contributed by atoms with Gasteiger partial charge in [-0.2, -0.15) is 0 Å². The molecule has 1 unspecified atom stereocenters. The van der Waals surface area contributed by atoms with Crippen LogP contribution in [0.1, 0.15) is 86.8 Å². The van der Waals surface area contributed by atoms with Gasteiger partial charge < -0.3 is 10.1 Å². The number of unbranched alkanes of at least 4 members (excludes halogenated alkanes) is 2. The van der Waals surface area contributed by atoms with Gasteiger partial charge in [-0.25, -0.2) is 0 Å². The third-order valence-electron chi connectivity index (χ3n) is 7.34. The van der Waals surface area contributed by atoms with Crippen LogP contribution in [0.25, 0.3) is 0 Å². The molecule has 1 amide bonds. The highest BCUT2D eigenvalue weighted by atomic mass is 16.5. The van der Waals surface area contributed by atoms with Gasteiger partial charge in [0.1, 0.15) is 0 Å². The summed E-state index contributed by atoms with van der Waals surface area (Å²) in [4.78, 5) is 11.7. The van der Waals surface area contributed by atoms with Crippen molar-refractivity contribution in [1.82, 2.24) is 5.32 Å². The van der Waals surface area contributed by atoms with E-state index in [-0.39, 0.29) is 11.4 Å². The minimum atomic E-state index is 0.117. The summed E-state index contributed by atoms with van der Waals surface area (Å²) < 4.78 is 5.15. The monoisotopic (exact) mass is 369 g/mol. The van der Waals surface area contributed by atoms with Crippen LogP contribution in [0.2, 0.25) is 0 Å². The summed E-state index contributed by atoms with van der Waals surface area (Å²) in [6, 6.07) is 7.31. The predicted molar refractivity (Wildman–Crippen MR) is 109 cm³/mol. The maximum Gasteiger partial charge on any atom is 0.220 e. The van der Waals surface area contributed by atoms with Gasteiger partial charge in [0.05, 0.1) is 0 Å². The maximum absolute atomic E-state index is 11.7. The fourth-order valence-corrected chi connectivity index (χ4v) is 5.73. The van der Waals surface area contributed by atoms with Gasteiger partial charge in [0.15, 0.2) is 0 Å². The molecule has 27 heavy (non-hydrogen) atoms. The van der Waals surface area contributed by atoms with Crippen LogP contribution >= 0.6 is 0 Å². The molecule has 2 fully saturated rings. The van der Waals surface area contributed by atoms with Crippen LogP contribution in [0.4, 0.5) is 0 Å². The van der Waals surface area contributed by atoms with Crippen LogP contribution in [0.5, 0.6) is 0 Å². The van der Waals surface area contributed by atoms with Crippen LogP contribution < -0.4 is 5.32 Å². The summed E-state index contributed by atoms with van der Waals surface area (Å²) in [7, 11) is 1.79. The lowest BCUT2D eigenvalue weighted by atomic mass is 9.79. The highest BCUT2D eigenvalue weighted by molar-refractivity contribution is 5.79. The Hall–Kier alpha value is -1.35. The summed E-state index contributed by atoms with van der Waals surface area (Å²) in [6.45, 7) is 0.905. The molecule has 1 heterocycles. The Balaban J connectivity index is 1.32. The Morgan fingerprint density at radius 3 is 2.85 bits per heavy atom. The van der Waals surface area contributed by atoms with Gasteiger partial charge in [-0.1, -0.05) is 37.5 Å². The van der Waals surface area contributed by atoms with E-state index in [1.54, 1.807) is 18.2 Å². The average Bonchev–Trinajstić information content (AvgIpc) is 3.27. The summed E-state index contributed by atoms with van der Waals surface area (Å²) >= 11 is 0. The fourth-order valence-electron chi connectivity index (χ4n) is 5.73. The second-order valence-electron chi connectivity index (χ2n) is 9.25. The highest BCUT2D eigenvalue weighted by Gasteiger charge is 2.44. The number of hydrogen-bond acceptors (Lipinski definition) is 2. The molecule has 0 aromatic heterocycles. The number of nitrogens with one attached hydrogen (secondary N) is 1. The van der Waals surface area contributed by atoms with Gasteiger partial charge in [0.25, 0.3) is 0 Å². The van der Waals surface area contributed by atoms with E-state index in [0.717, 1.165) is 38.2 Å². The lowest BCUT2D eigenvalue weighted by molar-refractivity contribution is -0.119. The Bertz CT molecular complexity index is 670. The van der Waals surface area contributed by atoms with Gasteiger partial charge >= 0.3 is 0 Å². The first kappa shape index (κ1) is 19.0. The molecule has 1 spiro atoms. The number of hydrogen-bond donors (Lipinski definition) is 1. The van der Waals surface area contributed by atoms with E-state index < -0.39 is 0 Å². The minimum absolute atomic E-state index is 0.117. The van der Waals surface area contributed by atoms with Crippen molar-refractivity contribution in [2.75, 3.05) is 13.7 Å². The minimum Gasteiger partial charge on any atom is -0.385 e. The van der Waals surface area contributed by atoms with Gasteiger partial charge in [-0.15, -0.1) is 0 Å². The number of benzene rings is 1. The molecule has 2 aliphatic carbocycles. The third-order valence-corrected chi connectivity index (χ3v) is 7.34. The average molecular weight is 370 g/mol. The molecule has 3 aliphatic rings. The Labute approximate surface area is 164 Å². The predicted octanol–water partition coefficient (Wildman–Crippen LogP) is 4.91. The molecule has 1 aromatic carbocycles. The quantitative estimate of drug-likeness (QED) is 0.693. The molecular weight excluding hydrogens is 334 g/mol. The van der Waals surface area contributed by atoms with Crippen molar-refractivity contribution in [3.05, 3.63) is 34.9 Å². The maximum atomic E-state index is 11.7. The highest BCUT2D eigenvalue weighted by Crippen LogP contribution is 2.46. The molecule has 3 heteroatoms. The first-order valence-corrected chi connectivity index (χ1v) is 11.1. The summed E-state index contributed by atoms with van der Waals surface area (Å²) in [5, 5.41) is 3.28. The molecule has 1 N–H and O–H groups in total. The molecule has 0 radical (unpaired) electrons. The molecule has 1 saturated heterocycles. The van der Waals surface area contributed by atoms with E-state index in [4.69, 9.17) is 4.74 Å². The zero-order valence-corrected chi connectivity index (χ0v) is 16.9. The van der Waals surface area contributed by atoms with E-state index in [1.165, 1.54) is 56.9 Å².